The van der Waals surface area contributed by atoms with Crippen molar-refractivity contribution in [1.82, 2.24) is 5.32 Å². The summed E-state index contributed by atoms with van der Waals surface area (Å²) < 4.78 is 4.44. The molecule has 4 nitrogen and oxygen atoms in total. The van der Waals surface area contributed by atoms with Crippen LogP contribution in [0.1, 0.15) is 0 Å². The van der Waals surface area contributed by atoms with Gasteiger partial charge >= 0.3 is 5.97 Å². The second-order valence-corrected chi connectivity index (χ2v) is 2.68. The number of nitriles is 1. The standard InChI is InChI=1S/C11H10N2O2/c1-15-11(14)10(8-12)3-2-9-4-6-13-7-5-9/h2-7,13H,1H3. The number of hydrogen-bond donors (Lipinski definition) is 1. The molecule has 4 heteroatoms. The van der Waals surface area contributed by atoms with Gasteiger partial charge in [0.25, 0.3) is 0 Å². The third-order valence-corrected chi connectivity index (χ3v) is 1.71. The molecule has 0 radical (unpaired) electrons. The van der Waals surface area contributed by atoms with Crippen LogP contribution in [0, 0.1) is 11.3 Å². The zero-order valence-electron chi connectivity index (χ0n) is 8.23. The average molecular weight is 202 g/mol. The van der Waals surface area contributed by atoms with Crippen molar-refractivity contribution in [3.05, 3.63) is 47.9 Å². The topological polar surface area (TPSA) is 62.1 Å². The molecule has 76 valence electrons. The van der Waals surface area contributed by atoms with E-state index < -0.39 is 5.97 Å². The lowest BCUT2D eigenvalue weighted by Crippen LogP contribution is -2.02. The first kappa shape index (κ1) is 10.8. The lowest BCUT2D eigenvalue weighted by molar-refractivity contribution is -0.135. The van der Waals surface area contributed by atoms with Gasteiger partial charge in [0.05, 0.1) is 7.11 Å². The molecule has 0 amide bonds. The van der Waals surface area contributed by atoms with E-state index in [1.165, 1.54) is 13.2 Å². The largest absolute Gasteiger partial charge is 0.465 e. The van der Waals surface area contributed by atoms with Crippen molar-refractivity contribution in [3.63, 3.8) is 0 Å². The summed E-state index contributed by atoms with van der Waals surface area (Å²) in [4.78, 5) is 11.0. The Hall–Kier alpha value is -2.28. The maximum absolute atomic E-state index is 11.0. The van der Waals surface area contributed by atoms with Crippen molar-refractivity contribution in [2.75, 3.05) is 7.11 Å². The summed E-state index contributed by atoms with van der Waals surface area (Å²) in [7, 11) is 1.24. The van der Waals surface area contributed by atoms with Crippen LogP contribution in [0.25, 0.3) is 0 Å². The minimum absolute atomic E-state index is 0.0228. The zero-order valence-corrected chi connectivity index (χ0v) is 8.23. The summed E-state index contributed by atoms with van der Waals surface area (Å²) in [5, 5.41) is 11.5. The Balaban J connectivity index is 2.82. The van der Waals surface area contributed by atoms with E-state index in [0.717, 1.165) is 5.57 Å². The Morgan fingerprint density at radius 2 is 2.20 bits per heavy atom. The monoisotopic (exact) mass is 202 g/mol. The number of ether oxygens (including phenoxy) is 1. The highest BCUT2D eigenvalue weighted by Gasteiger charge is 2.06. The molecule has 0 spiro atoms. The molecule has 0 aliphatic carbocycles. The van der Waals surface area contributed by atoms with E-state index in [1.807, 2.05) is 12.2 Å². The van der Waals surface area contributed by atoms with Gasteiger partial charge in [-0.2, -0.15) is 5.26 Å². The first-order valence-corrected chi connectivity index (χ1v) is 4.27. The number of rotatable bonds is 2. The number of nitrogens with zero attached hydrogens (tertiary/aromatic N) is 1. The average Bonchev–Trinajstić information content (AvgIpc) is 2.31. The second-order valence-electron chi connectivity index (χ2n) is 2.68. The first-order chi connectivity index (χ1) is 7.27. The molecule has 0 fully saturated rings. The smallest absolute Gasteiger partial charge is 0.348 e. The van der Waals surface area contributed by atoms with E-state index >= 15 is 0 Å². The summed E-state index contributed by atoms with van der Waals surface area (Å²) in [6.07, 6.45) is 10.3. The van der Waals surface area contributed by atoms with Crippen LogP contribution in [0.15, 0.2) is 47.9 Å². The number of methoxy groups -OCH3 is 1. The molecule has 1 aliphatic heterocycles. The van der Waals surface area contributed by atoms with Gasteiger partial charge in [0.1, 0.15) is 11.6 Å². The van der Waals surface area contributed by atoms with Crippen LogP contribution in [-0.2, 0) is 9.53 Å². The van der Waals surface area contributed by atoms with E-state index in [0.29, 0.717) is 0 Å². The SMILES string of the molecule is COC(=O)C(C#N)=CC=C1C=CNC=C1. The Morgan fingerprint density at radius 1 is 1.53 bits per heavy atom. The van der Waals surface area contributed by atoms with Crippen LogP contribution in [0.2, 0.25) is 0 Å². The van der Waals surface area contributed by atoms with E-state index in [4.69, 9.17) is 5.26 Å². The molecule has 1 rings (SSSR count). The fourth-order valence-electron chi connectivity index (χ4n) is 0.951. The van der Waals surface area contributed by atoms with Gasteiger partial charge in [-0.05, 0) is 23.8 Å². The maximum Gasteiger partial charge on any atom is 0.348 e. The molecule has 0 aromatic carbocycles. The van der Waals surface area contributed by atoms with Crippen LogP contribution in [0.4, 0.5) is 0 Å². The summed E-state index contributed by atoms with van der Waals surface area (Å²) in [5.41, 5.74) is 0.871. The van der Waals surface area contributed by atoms with Crippen LogP contribution < -0.4 is 5.32 Å². The molecular weight excluding hydrogens is 192 g/mol. The van der Waals surface area contributed by atoms with Crippen molar-refractivity contribution in [2.24, 2.45) is 0 Å². The predicted molar refractivity (Wildman–Crippen MR) is 55.2 cm³/mol. The highest BCUT2D eigenvalue weighted by atomic mass is 16.5. The number of carbonyl (C=O) groups is 1. The number of carbonyl (C=O) groups excluding carboxylic acids is 1. The quantitative estimate of drug-likeness (QED) is 0.414. The zero-order chi connectivity index (χ0) is 11.1. The predicted octanol–water partition coefficient (Wildman–Crippen LogP) is 1.17. The molecule has 0 bridgehead atoms. The van der Waals surface area contributed by atoms with Crippen LogP contribution in [0.5, 0.6) is 0 Å². The molecule has 0 aromatic rings. The molecule has 0 aromatic heterocycles. The number of nitrogens with one attached hydrogen (secondary N) is 1. The van der Waals surface area contributed by atoms with Crippen LogP contribution in [-0.4, -0.2) is 13.1 Å². The Kier molecular flexibility index (Phi) is 3.92. The highest BCUT2D eigenvalue weighted by molar-refractivity contribution is 5.93. The van der Waals surface area contributed by atoms with Gasteiger partial charge in [-0.3, -0.25) is 0 Å². The Morgan fingerprint density at radius 3 is 2.73 bits per heavy atom. The molecular formula is C11H10N2O2. The number of esters is 1. The van der Waals surface area contributed by atoms with Gasteiger partial charge in [-0.25, -0.2) is 4.79 Å². The van der Waals surface area contributed by atoms with Gasteiger partial charge in [0.15, 0.2) is 0 Å². The van der Waals surface area contributed by atoms with E-state index in [-0.39, 0.29) is 5.57 Å². The van der Waals surface area contributed by atoms with Gasteiger partial charge in [-0.1, -0.05) is 6.08 Å². The molecule has 0 unspecified atom stereocenters. The van der Waals surface area contributed by atoms with E-state index in [1.54, 1.807) is 24.5 Å². The molecule has 0 saturated heterocycles. The number of hydrogen-bond acceptors (Lipinski definition) is 4. The summed E-state index contributed by atoms with van der Waals surface area (Å²) in [5.74, 6) is -0.628. The summed E-state index contributed by atoms with van der Waals surface area (Å²) in [6, 6.07) is 1.77. The third kappa shape index (κ3) is 3.16. The Labute approximate surface area is 87.8 Å². The molecule has 0 saturated carbocycles. The van der Waals surface area contributed by atoms with Gasteiger partial charge in [0.2, 0.25) is 0 Å². The first-order valence-electron chi connectivity index (χ1n) is 4.27. The fourth-order valence-corrected chi connectivity index (χ4v) is 0.951. The maximum atomic E-state index is 11.0. The Bertz CT molecular complexity index is 395. The van der Waals surface area contributed by atoms with Gasteiger partial charge < -0.3 is 10.1 Å². The summed E-state index contributed by atoms with van der Waals surface area (Å²) in [6.45, 7) is 0. The van der Waals surface area contributed by atoms with Gasteiger partial charge in [0, 0.05) is 12.4 Å². The van der Waals surface area contributed by atoms with Crippen molar-refractivity contribution >= 4 is 5.97 Å². The molecule has 1 heterocycles. The van der Waals surface area contributed by atoms with Crippen LogP contribution in [0.3, 0.4) is 0 Å². The molecule has 1 aliphatic rings. The normalized spacial score (nSPS) is 14.1. The van der Waals surface area contributed by atoms with Crippen molar-refractivity contribution in [1.29, 1.82) is 5.26 Å². The minimum atomic E-state index is -0.628. The summed E-state index contributed by atoms with van der Waals surface area (Å²) >= 11 is 0. The molecule has 1 N–H and O–H groups in total. The van der Waals surface area contributed by atoms with Crippen molar-refractivity contribution in [2.45, 2.75) is 0 Å². The van der Waals surface area contributed by atoms with E-state index in [2.05, 4.69) is 10.1 Å². The highest BCUT2D eigenvalue weighted by Crippen LogP contribution is 2.04. The van der Waals surface area contributed by atoms with Crippen molar-refractivity contribution < 1.29 is 9.53 Å². The third-order valence-electron chi connectivity index (χ3n) is 1.71. The minimum Gasteiger partial charge on any atom is -0.465 e. The van der Waals surface area contributed by atoms with Gasteiger partial charge in [-0.15, -0.1) is 0 Å². The van der Waals surface area contributed by atoms with E-state index in [9.17, 15) is 4.79 Å². The lowest BCUT2D eigenvalue weighted by atomic mass is 10.2. The fraction of sp³-hybridized carbons (Fsp3) is 0.0909. The number of allylic oxidation sites excluding steroid dienone is 5. The van der Waals surface area contributed by atoms with Crippen molar-refractivity contribution in [3.8, 4) is 6.07 Å². The lowest BCUT2D eigenvalue weighted by Gasteiger charge is -1.99. The second kappa shape index (κ2) is 5.45. The molecule has 15 heavy (non-hydrogen) atoms. The number of dihydropyridines is 1. The van der Waals surface area contributed by atoms with Crippen LogP contribution >= 0.6 is 0 Å². The molecule has 0 atom stereocenters.